The van der Waals surface area contributed by atoms with Gasteiger partial charge in [0.2, 0.25) is 0 Å². The molecule has 25 heavy (non-hydrogen) atoms. The number of hydrogen-bond donors (Lipinski definition) is 1. The van der Waals surface area contributed by atoms with Gasteiger partial charge in [0.25, 0.3) is 5.69 Å². The number of hydrogen-bond acceptors (Lipinski definition) is 4. The van der Waals surface area contributed by atoms with Gasteiger partial charge in [-0.2, -0.15) is 0 Å². The summed E-state index contributed by atoms with van der Waals surface area (Å²) in [6, 6.07) is 4.75. The van der Waals surface area contributed by atoms with E-state index in [9.17, 15) is 10.1 Å². The lowest BCUT2D eigenvalue weighted by molar-refractivity contribution is -0.385. The van der Waals surface area contributed by atoms with Crippen LogP contribution in [0.25, 0.3) is 0 Å². The fourth-order valence-corrected chi connectivity index (χ4v) is 3.19. The van der Waals surface area contributed by atoms with E-state index in [0.717, 1.165) is 24.0 Å². The molecule has 1 aromatic carbocycles. The molecule has 0 spiro atoms. The van der Waals surface area contributed by atoms with Crippen LogP contribution in [0.1, 0.15) is 58.1 Å². The van der Waals surface area contributed by atoms with E-state index in [0.29, 0.717) is 11.5 Å². The zero-order valence-electron chi connectivity index (χ0n) is 16.4. The van der Waals surface area contributed by atoms with Gasteiger partial charge < -0.3 is 10.1 Å². The predicted molar refractivity (Wildman–Crippen MR) is 104 cm³/mol. The summed E-state index contributed by atoms with van der Waals surface area (Å²) in [4.78, 5) is 9.96. The Morgan fingerprint density at radius 2 is 2.04 bits per heavy atom. The maximum atomic E-state index is 10.4. The third-order valence-corrected chi connectivity index (χ3v) is 4.88. The quantitative estimate of drug-likeness (QED) is 0.275. The molecule has 1 N–H and O–H groups in total. The first-order chi connectivity index (χ1) is 11.7. The Balaban J connectivity index is 0.000000462. The number of nitrogens with zero attached hydrogens (tertiary/aromatic N) is 1. The molecule has 0 radical (unpaired) electrons. The summed E-state index contributed by atoms with van der Waals surface area (Å²) in [5.74, 6) is 1.55. The largest absolute Gasteiger partial charge is 0.501 e. The molecular formula is C20H32N2O3. The highest BCUT2D eigenvalue weighted by Gasteiger charge is 2.34. The Kier molecular flexibility index (Phi) is 9.72. The number of rotatable bonds is 8. The molecule has 140 valence electrons. The Bertz CT molecular complexity index is 597. The van der Waals surface area contributed by atoms with Gasteiger partial charge in [-0.1, -0.05) is 52.8 Å². The first kappa shape index (κ1) is 22.8. The molecule has 0 aliphatic rings. The molecule has 0 amide bonds. The number of ether oxygens (including phenoxy) is 1. The molecule has 0 saturated heterocycles. The molecular weight excluding hydrogens is 316 g/mol. The van der Waals surface area contributed by atoms with E-state index < -0.39 is 4.92 Å². The smallest absolute Gasteiger partial charge is 0.278 e. The molecule has 1 aromatic rings. The zero-order chi connectivity index (χ0) is 19.6. The summed E-state index contributed by atoms with van der Waals surface area (Å²) in [5.41, 5.74) is 1.30. The lowest BCUT2D eigenvalue weighted by atomic mass is 9.70. The molecule has 0 aromatic heterocycles. The minimum atomic E-state index is -0.479. The number of methoxy groups -OCH3 is 1. The van der Waals surface area contributed by atoms with E-state index in [1.165, 1.54) is 18.9 Å². The maximum Gasteiger partial charge on any atom is 0.278 e. The SMILES string of the molecule is C=C(OC)C(CC)(CCC)C(C)C.Cc1cccc([N+](=O)[O-])c1C=N. The van der Waals surface area contributed by atoms with Crippen molar-refractivity contribution < 1.29 is 9.66 Å². The van der Waals surface area contributed by atoms with Crippen LogP contribution in [-0.2, 0) is 4.74 Å². The zero-order valence-corrected chi connectivity index (χ0v) is 16.4. The van der Waals surface area contributed by atoms with Crippen LogP contribution in [-0.4, -0.2) is 18.2 Å². The van der Waals surface area contributed by atoms with Gasteiger partial charge in [0.1, 0.15) is 0 Å². The molecule has 5 nitrogen and oxygen atoms in total. The van der Waals surface area contributed by atoms with Gasteiger partial charge in [0, 0.05) is 17.7 Å². The second-order valence-corrected chi connectivity index (χ2v) is 6.45. The van der Waals surface area contributed by atoms with Crippen molar-refractivity contribution in [1.82, 2.24) is 0 Å². The fourth-order valence-electron chi connectivity index (χ4n) is 3.19. The first-order valence-corrected chi connectivity index (χ1v) is 8.69. The van der Waals surface area contributed by atoms with E-state index >= 15 is 0 Å². The van der Waals surface area contributed by atoms with Gasteiger partial charge in [-0.05, 0) is 31.2 Å². The highest BCUT2D eigenvalue weighted by Crippen LogP contribution is 2.42. The summed E-state index contributed by atoms with van der Waals surface area (Å²) in [7, 11) is 1.73. The topological polar surface area (TPSA) is 76.2 Å². The average Bonchev–Trinajstić information content (AvgIpc) is 2.58. The van der Waals surface area contributed by atoms with Crippen molar-refractivity contribution in [3.63, 3.8) is 0 Å². The fraction of sp³-hybridized carbons (Fsp3) is 0.550. The third kappa shape index (κ3) is 5.69. The van der Waals surface area contributed by atoms with E-state index in [1.807, 2.05) is 0 Å². The Morgan fingerprint density at radius 1 is 1.44 bits per heavy atom. The number of nitro groups is 1. The van der Waals surface area contributed by atoms with E-state index in [4.69, 9.17) is 10.1 Å². The van der Waals surface area contributed by atoms with Crippen LogP contribution >= 0.6 is 0 Å². The number of nitro benzene ring substituents is 1. The van der Waals surface area contributed by atoms with Gasteiger partial charge >= 0.3 is 0 Å². The number of aryl methyl sites for hydroxylation is 1. The number of allylic oxidation sites excluding steroid dienone is 1. The van der Waals surface area contributed by atoms with Gasteiger partial charge in [-0.25, -0.2) is 0 Å². The summed E-state index contributed by atoms with van der Waals surface area (Å²) in [6.45, 7) is 14.7. The van der Waals surface area contributed by atoms with Crippen molar-refractivity contribution >= 4 is 11.9 Å². The summed E-state index contributed by atoms with van der Waals surface area (Å²) in [6.07, 6.45) is 4.49. The van der Waals surface area contributed by atoms with Crippen molar-refractivity contribution in [2.75, 3.05) is 7.11 Å². The maximum absolute atomic E-state index is 10.4. The van der Waals surface area contributed by atoms with Crippen molar-refractivity contribution in [2.45, 2.75) is 53.9 Å². The standard InChI is InChI=1S/C12H24O.C8H8N2O2/c1-7-9-12(8-2,10(3)4)11(5)13-6;1-6-3-2-4-8(10(11)12)7(6)5-9/h10H,5,7-9H2,1-4,6H3;2-5,9H,1H3. The molecule has 0 fully saturated rings. The van der Waals surface area contributed by atoms with Crippen molar-refractivity contribution in [2.24, 2.45) is 11.3 Å². The van der Waals surface area contributed by atoms with Gasteiger partial charge in [0.15, 0.2) is 0 Å². The molecule has 0 heterocycles. The van der Waals surface area contributed by atoms with E-state index in [2.05, 4.69) is 34.3 Å². The summed E-state index contributed by atoms with van der Waals surface area (Å²) < 4.78 is 5.33. The minimum Gasteiger partial charge on any atom is -0.501 e. The Hall–Kier alpha value is -2.17. The van der Waals surface area contributed by atoms with Crippen LogP contribution in [0.4, 0.5) is 5.69 Å². The summed E-state index contributed by atoms with van der Waals surface area (Å²) in [5, 5.41) is 17.4. The lowest BCUT2D eigenvalue weighted by Crippen LogP contribution is -2.29. The van der Waals surface area contributed by atoms with E-state index in [1.54, 1.807) is 26.2 Å². The highest BCUT2D eigenvalue weighted by molar-refractivity contribution is 5.85. The van der Waals surface area contributed by atoms with Gasteiger partial charge in [-0.3, -0.25) is 10.1 Å². The Labute approximate surface area is 151 Å². The third-order valence-electron chi connectivity index (χ3n) is 4.88. The average molecular weight is 348 g/mol. The number of benzene rings is 1. The molecule has 1 atom stereocenters. The molecule has 5 heteroatoms. The van der Waals surface area contributed by atoms with Crippen LogP contribution in [0.2, 0.25) is 0 Å². The molecule has 1 rings (SSSR count). The molecule has 0 aliphatic heterocycles. The Morgan fingerprint density at radius 3 is 2.36 bits per heavy atom. The molecule has 0 aliphatic carbocycles. The molecule has 0 saturated carbocycles. The predicted octanol–water partition coefficient (Wildman–Crippen LogP) is 5.90. The second-order valence-electron chi connectivity index (χ2n) is 6.45. The molecule has 0 bridgehead atoms. The monoisotopic (exact) mass is 348 g/mol. The van der Waals surface area contributed by atoms with Crippen molar-refractivity contribution in [3.05, 3.63) is 51.8 Å². The summed E-state index contributed by atoms with van der Waals surface area (Å²) >= 11 is 0. The van der Waals surface area contributed by atoms with Gasteiger partial charge in [-0.15, -0.1) is 0 Å². The molecule has 1 unspecified atom stereocenters. The van der Waals surface area contributed by atoms with Crippen LogP contribution in [0.15, 0.2) is 30.5 Å². The van der Waals surface area contributed by atoms with Crippen molar-refractivity contribution in [1.29, 1.82) is 5.41 Å². The number of nitrogens with one attached hydrogen (secondary N) is 1. The first-order valence-electron chi connectivity index (χ1n) is 8.69. The van der Waals surface area contributed by atoms with Crippen LogP contribution in [0.5, 0.6) is 0 Å². The second kappa shape index (κ2) is 10.6. The lowest BCUT2D eigenvalue weighted by Gasteiger charge is -2.37. The van der Waals surface area contributed by atoms with Crippen LogP contribution < -0.4 is 0 Å². The highest BCUT2D eigenvalue weighted by atomic mass is 16.6. The van der Waals surface area contributed by atoms with Gasteiger partial charge in [0.05, 0.1) is 23.4 Å². The van der Waals surface area contributed by atoms with E-state index in [-0.39, 0.29) is 11.1 Å². The van der Waals surface area contributed by atoms with Crippen LogP contribution in [0, 0.1) is 33.8 Å². The van der Waals surface area contributed by atoms with Crippen molar-refractivity contribution in [3.8, 4) is 0 Å². The van der Waals surface area contributed by atoms with Crippen LogP contribution in [0.3, 0.4) is 0 Å². The normalized spacial score (nSPS) is 12.6. The minimum absolute atomic E-state index is 0.00926.